The van der Waals surface area contributed by atoms with Crippen molar-refractivity contribution in [1.82, 2.24) is 4.98 Å². The smallest absolute Gasteiger partial charge is 0.339 e. The molecule has 1 aromatic carbocycles. The van der Waals surface area contributed by atoms with Crippen molar-refractivity contribution >= 4 is 23.4 Å². The second kappa shape index (κ2) is 5.88. The lowest BCUT2D eigenvalue weighted by molar-refractivity contribution is 0.0697. The quantitative estimate of drug-likeness (QED) is 0.843. The zero-order valence-electron chi connectivity index (χ0n) is 10.6. The van der Waals surface area contributed by atoms with Crippen LogP contribution in [0.4, 0.5) is 10.2 Å². The first kappa shape index (κ1) is 14.3. The van der Waals surface area contributed by atoms with Crippen LogP contribution in [0.5, 0.6) is 0 Å². The third kappa shape index (κ3) is 3.05. The largest absolute Gasteiger partial charge is 0.478 e. The summed E-state index contributed by atoms with van der Waals surface area (Å²) in [6, 6.07) is 8.57. The topological polar surface area (TPSA) is 62.2 Å². The number of hydrogen-bond acceptors (Lipinski definition) is 3. The summed E-state index contributed by atoms with van der Waals surface area (Å²) in [6.07, 6.45) is 0. The molecule has 0 amide bonds. The number of carboxylic acids is 1. The van der Waals surface area contributed by atoms with E-state index in [9.17, 15) is 9.18 Å². The number of nitrogens with one attached hydrogen (secondary N) is 1. The van der Waals surface area contributed by atoms with Crippen LogP contribution < -0.4 is 5.32 Å². The number of benzene rings is 1. The monoisotopic (exact) mass is 294 g/mol. The van der Waals surface area contributed by atoms with E-state index in [0.717, 1.165) is 0 Å². The molecule has 0 fully saturated rings. The second-order valence-corrected chi connectivity index (χ2v) is 4.61. The molecule has 2 aromatic rings. The maximum atomic E-state index is 13.7. The molecule has 1 atom stereocenters. The molecular weight excluding hydrogens is 283 g/mol. The number of aromatic nitrogens is 1. The Hall–Kier alpha value is -2.14. The second-order valence-electron chi connectivity index (χ2n) is 4.22. The summed E-state index contributed by atoms with van der Waals surface area (Å²) in [5, 5.41) is 12.1. The fourth-order valence-corrected chi connectivity index (χ4v) is 1.97. The van der Waals surface area contributed by atoms with Crippen molar-refractivity contribution in [3.05, 3.63) is 58.5 Å². The number of halogens is 2. The molecule has 2 N–H and O–H groups in total. The van der Waals surface area contributed by atoms with E-state index in [4.69, 9.17) is 16.7 Å². The molecule has 1 unspecified atom stereocenters. The van der Waals surface area contributed by atoms with Crippen molar-refractivity contribution in [2.24, 2.45) is 0 Å². The molecule has 2 rings (SSSR count). The molecule has 0 radical (unpaired) electrons. The highest BCUT2D eigenvalue weighted by molar-refractivity contribution is 6.29. The van der Waals surface area contributed by atoms with Gasteiger partial charge < -0.3 is 10.4 Å². The number of pyridine rings is 1. The van der Waals surface area contributed by atoms with Crippen LogP contribution in [0.1, 0.15) is 28.9 Å². The van der Waals surface area contributed by atoms with Crippen LogP contribution in [-0.2, 0) is 0 Å². The Bertz CT molecular complexity index is 649. The van der Waals surface area contributed by atoms with Gasteiger partial charge in [0.15, 0.2) is 0 Å². The predicted octanol–water partition coefficient (Wildman–Crippen LogP) is 3.75. The first-order valence-corrected chi connectivity index (χ1v) is 6.27. The Morgan fingerprint density at radius 1 is 1.35 bits per heavy atom. The van der Waals surface area contributed by atoms with Crippen molar-refractivity contribution in [2.45, 2.75) is 13.0 Å². The Morgan fingerprint density at radius 2 is 2.05 bits per heavy atom. The first-order valence-electron chi connectivity index (χ1n) is 5.90. The lowest BCUT2D eigenvalue weighted by atomic mass is 10.1. The summed E-state index contributed by atoms with van der Waals surface area (Å²) in [6.45, 7) is 1.71. The molecule has 1 aromatic heterocycles. The van der Waals surface area contributed by atoms with Crippen LogP contribution in [0.25, 0.3) is 0 Å². The third-order valence-electron chi connectivity index (χ3n) is 2.82. The molecule has 0 spiro atoms. The molecule has 0 aliphatic rings. The van der Waals surface area contributed by atoms with Crippen molar-refractivity contribution < 1.29 is 14.3 Å². The van der Waals surface area contributed by atoms with Crippen molar-refractivity contribution in [3.8, 4) is 0 Å². The maximum Gasteiger partial charge on any atom is 0.339 e. The minimum absolute atomic E-state index is 0.0161. The van der Waals surface area contributed by atoms with E-state index in [0.29, 0.717) is 5.56 Å². The van der Waals surface area contributed by atoms with Crippen molar-refractivity contribution in [1.29, 1.82) is 0 Å². The van der Waals surface area contributed by atoms with Crippen LogP contribution in [0, 0.1) is 5.82 Å². The molecule has 4 nitrogen and oxygen atoms in total. The summed E-state index contributed by atoms with van der Waals surface area (Å²) in [7, 11) is 0. The van der Waals surface area contributed by atoms with Gasteiger partial charge >= 0.3 is 5.97 Å². The Labute approximate surface area is 120 Å². The summed E-state index contributed by atoms with van der Waals surface area (Å²) in [5.74, 6) is -1.38. The van der Waals surface area contributed by atoms with E-state index in [-0.39, 0.29) is 22.4 Å². The molecule has 20 heavy (non-hydrogen) atoms. The molecule has 0 saturated heterocycles. The predicted molar refractivity (Wildman–Crippen MR) is 74.6 cm³/mol. The SMILES string of the molecule is CC(Nc1nc(Cl)ccc1C(=O)O)c1ccccc1F. The Kier molecular flexibility index (Phi) is 4.20. The van der Waals surface area contributed by atoms with Gasteiger partial charge in [-0.3, -0.25) is 0 Å². The summed E-state index contributed by atoms with van der Waals surface area (Å²) < 4.78 is 13.7. The number of hydrogen-bond donors (Lipinski definition) is 2. The Morgan fingerprint density at radius 3 is 2.70 bits per heavy atom. The zero-order chi connectivity index (χ0) is 14.7. The minimum atomic E-state index is -1.13. The molecule has 0 saturated carbocycles. The number of nitrogens with zero attached hydrogens (tertiary/aromatic N) is 1. The highest BCUT2D eigenvalue weighted by Gasteiger charge is 2.16. The maximum absolute atomic E-state index is 13.7. The Balaban J connectivity index is 2.32. The van der Waals surface area contributed by atoms with Gasteiger partial charge in [-0.05, 0) is 25.1 Å². The van der Waals surface area contributed by atoms with Crippen LogP contribution in [0.2, 0.25) is 5.15 Å². The lowest BCUT2D eigenvalue weighted by Gasteiger charge is -2.17. The molecule has 1 heterocycles. The van der Waals surface area contributed by atoms with E-state index < -0.39 is 12.0 Å². The highest BCUT2D eigenvalue weighted by Crippen LogP contribution is 2.24. The summed E-state index contributed by atoms with van der Waals surface area (Å²) >= 11 is 5.76. The lowest BCUT2D eigenvalue weighted by Crippen LogP contribution is -2.13. The number of carbonyl (C=O) groups is 1. The number of carboxylic acid groups (broad SMARTS) is 1. The third-order valence-corrected chi connectivity index (χ3v) is 3.03. The van der Waals surface area contributed by atoms with E-state index in [1.165, 1.54) is 18.2 Å². The first-order chi connectivity index (χ1) is 9.49. The molecule has 104 valence electrons. The highest BCUT2D eigenvalue weighted by atomic mass is 35.5. The van der Waals surface area contributed by atoms with Crippen molar-refractivity contribution in [3.63, 3.8) is 0 Å². The summed E-state index contributed by atoms with van der Waals surface area (Å²) in [5.41, 5.74) is 0.406. The molecule has 0 aliphatic heterocycles. The number of anilines is 1. The molecule has 6 heteroatoms. The normalized spacial score (nSPS) is 11.9. The number of aromatic carboxylic acids is 1. The van der Waals surface area contributed by atoms with Gasteiger partial charge in [0.2, 0.25) is 0 Å². The summed E-state index contributed by atoms with van der Waals surface area (Å²) in [4.78, 5) is 15.1. The fourth-order valence-electron chi connectivity index (χ4n) is 1.83. The van der Waals surface area contributed by atoms with Crippen molar-refractivity contribution in [2.75, 3.05) is 5.32 Å². The van der Waals surface area contributed by atoms with Gasteiger partial charge in [0.25, 0.3) is 0 Å². The van der Waals surface area contributed by atoms with Crippen LogP contribution in [0.15, 0.2) is 36.4 Å². The molecule has 0 aliphatic carbocycles. The molecule has 0 bridgehead atoms. The van der Waals surface area contributed by atoms with Crippen LogP contribution >= 0.6 is 11.6 Å². The van der Waals surface area contributed by atoms with Gasteiger partial charge in [0.05, 0.1) is 6.04 Å². The van der Waals surface area contributed by atoms with Gasteiger partial charge in [0.1, 0.15) is 22.4 Å². The average Bonchev–Trinajstić information content (AvgIpc) is 2.38. The van der Waals surface area contributed by atoms with Gasteiger partial charge in [-0.25, -0.2) is 14.2 Å². The van der Waals surface area contributed by atoms with Gasteiger partial charge in [-0.15, -0.1) is 0 Å². The fraction of sp³-hybridized carbons (Fsp3) is 0.143. The van der Waals surface area contributed by atoms with E-state index in [1.807, 2.05) is 0 Å². The number of rotatable bonds is 4. The van der Waals surface area contributed by atoms with Gasteiger partial charge in [-0.2, -0.15) is 0 Å². The molecular formula is C14H12ClFN2O2. The average molecular weight is 295 g/mol. The van der Waals surface area contributed by atoms with Gasteiger partial charge in [0, 0.05) is 5.56 Å². The van der Waals surface area contributed by atoms with E-state index in [2.05, 4.69) is 10.3 Å². The van der Waals surface area contributed by atoms with E-state index >= 15 is 0 Å². The zero-order valence-corrected chi connectivity index (χ0v) is 11.4. The van der Waals surface area contributed by atoms with E-state index in [1.54, 1.807) is 25.1 Å². The minimum Gasteiger partial charge on any atom is -0.478 e. The van der Waals surface area contributed by atoms with Crippen LogP contribution in [0.3, 0.4) is 0 Å². The van der Waals surface area contributed by atoms with Gasteiger partial charge in [-0.1, -0.05) is 29.8 Å². The van der Waals surface area contributed by atoms with Crippen LogP contribution in [-0.4, -0.2) is 16.1 Å². The standard InChI is InChI=1S/C14H12ClFN2O2/c1-8(9-4-2-3-5-11(9)16)17-13-10(14(19)20)6-7-12(15)18-13/h2-8H,1H3,(H,17,18)(H,19,20).